The van der Waals surface area contributed by atoms with Gasteiger partial charge in [0, 0.05) is 6.42 Å². The lowest BCUT2D eigenvalue weighted by molar-refractivity contribution is -0.170. The summed E-state index contributed by atoms with van der Waals surface area (Å²) in [4.78, 5) is 0. The first-order valence-corrected chi connectivity index (χ1v) is 3.58. The van der Waals surface area contributed by atoms with Crippen molar-refractivity contribution in [2.24, 2.45) is 0 Å². The van der Waals surface area contributed by atoms with E-state index in [2.05, 4.69) is 6.92 Å². The lowest BCUT2D eigenvalue weighted by Gasteiger charge is -2.25. The molecule has 0 spiro atoms. The highest BCUT2D eigenvalue weighted by atomic mass is 19.3. The van der Waals surface area contributed by atoms with Crippen LogP contribution in [0.4, 0.5) is 30.7 Å². The zero-order valence-electron chi connectivity index (χ0n) is 6.92. The van der Waals surface area contributed by atoms with E-state index in [9.17, 15) is 30.7 Å². The van der Waals surface area contributed by atoms with Crippen molar-refractivity contribution in [2.75, 3.05) is 6.67 Å². The summed E-state index contributed by atoms with van der Waals surface area (Å²) in [6.07, 6.45) is -9.01. The van der Waals surface area contributed by atoms with Crippen molar-refractivity contribution < 1.29 is 30.7 Å². The van der Waals surface area contributed by atoms with Gasteiger partial charge in [-0.3, -0.25) is 0 Å². The zero-order chi connectivity index (χ0) is 11.6. The van der Waals surface area contributed by atoms with Crippen LogP contribution in [0, 0.1) is 6.92 Å². The average molecular weight is 225 g/mol. The summed E-state index contributed by atoms with van der Waals surface area (Å²) in [5, 5.41) is 0. The van der Waals surface area contributed by atoms with E-state index in [0.717, 1.165) is 0 Å². The second-order valence-corrected chi connectivity index (χ2v) is 2.71. The average Bonchev–Trinajstić information content (AvgIpc) is 2.15. The van der Waals surface area contributed by atoms with E-state index in [1.807, 2.05) is 0 Å². The molecule has 0 aromatic rings. The molecule has 0 rings (SSSR count). The fraction of sp³-hybridized carbons (Fsp3) is 0.857. The SMILES string of the molecule is [CH2]CC(F)(F)C(F)[C@H](F)C(F)(F)CF. The molecule has 2 atom stereocenters. The Bertz CT molecular complexity index is 159. The molecule has 0 amide bonds. The topological polar surface area (TPSA) is 0 Å². The number of rotatable bonds is 5. The Balaban J connectivity index is 4.62. The van der Waals surface area contributed by atoms with Gasteiger partial charge in [-0.15, -0.1) is 0 Å². The third-order valence-corrected chi connectivity index (χ3v) is 1.58. The maximum absolute atomic E-state index is 12.4. The molecule has 1 radical (unpaired) electrons. The second-order valence-electron chi connectivity index (χ2n) is 2.71. The fourth-order valence-corrected chi connectivity index (χ4v) is 0.640. The molecule has 0 heterocycles. The van der Waals surface area contributed by atoms with Crippen molar-refractivity contribution >= 4 is 0 Å². The molecular formula is C7H8F7. The quantitative estimate of drug-likeness (QED) is 0.630. The molecule has 0 saturated heterocycles. The highest BCUT2D eigenvalue weighted by Gasteiger charge is 2.54. The maximum atomic E-state index is 12.4. The van der Waals surface area contributed by atoms with Crippen LogP contribution in [-0.4, -0.2) is 30.9 Å². The molecule has 0 saturated carbocycles. The van der Waals surface area contributed by atoms with E-state index in [0.29, 0.717) is 0 Å². The van der Waals surface area contributed by atoms with Gasteiger partial charge in [-0.1, -0.05) is 0 Å². The minimum absolute atomic E-state index is 1.38. The first-order valence-electron chi connectivity index (χ1n) is 3.58. The molecule has 0 aromatic carbocycles. The van der Waals surface area contributed by atoms with Crippen molar-refractivity contribution in [2.45, 2.75) is 30.6 Å². The van der Waals surface area contributed by atoms with E-state index in [1.165, 1.54) is 0 Å². The predicted molar refractivity (Wildman–Crippen MR) is 35.6 cm³/mol. The minimum Gasteiger partial charge on any atom is -0.244 e. The van der Waals surface area contributed by atoms with Crippen molar-refractivity contribution in [3.8, 4) is 0 Å². The Morgan fingerprint density at radius 3 is 1.57 bits per heavy atom. The molecule has 1 unspecified atom stereocenters. The van der Waals surface area contributed by atoms with E-state index in [-0.39, 0.29) is 0 Å². The van der Waals surface area contributed by atoms with Crippen molar-refractivity contribution in [1.82, 2.24) is 0 Å². The van der Waals surface area contributed by atoms with Crippen LogP contribution in [0.15, 0.2) is 0 Å². The standard InChI is InChI=1S/C7H8F7/c1-2-6(11,12)4(9)5(10)7(13,14)3-8/h4-5H,1-3H2/t4?,5-/m0/s1. The highest BCUT2D eigenvalue weighted by molar-refractivity contribution is 4.91. The fourth-order valence-electron chi connectivity index (χ4n) is 0.640. The first kappa shape index (κ1) is 13.5. The summed E-state index contributed by atoms with van der Waals surface area (Å²) in [5.41, 5.74) is 0. The van der Waals surface area contributed by atoms with Gasteiger partial charge in [0.25, 0.3) is 5.92 Å². The smallest absolute Gasteiger partial charge is 0.244 e. The summed E-state index contributed by atoms with van der Waals surface area (Å²) >= 11 is 0. The summed E-state index contributed by atoms with van der Waals surface area (Å²) in [6.45, 7) is 0.0474. The molecule has 0 nitrogen and oxygen atoms in total. The van der Waals surface area contributed by atoms with Crippen LogP contribution in [0.2, 0.25) is 0 Å². The summed E-state index contributed by atoms with van der Waals surface area (Å²) < 4.78 is 85.2. The largest absolute Gasteiger partial charge is 0.309 e. The van der Waals surface area contributed by atoms with Crippen LogP contribution >= 0.6 is 0 Å². The number of halogens is 7. The van der Waals surface area contributed by atoms with E-state index >= 15 is 0 Å². The molecule has 0 aliphatic heterocycles. The van der Waals surface area contributed by atoms with E-state index in [4.69, 9.17) is 0 Å². The first-order chi connectivity index (χ1) is 6.19. The van der Waals surface area contributed by atoms with Gasteiger partial charge >= 0.3 is 5.92 Å². The number of hydrogen-bond donors (Lipinski definition) is 0. The van der Waals surface area contributed by atoms with Crippen molar-refractivity contribution in [3.05, 3.63) is 6.92 Å². The zero-order valence-corrected chi connectivity index (χ0v) is 6.92. The van der Waals surface area contributed by atoms with Gasteiger partial charge in [0.05, 0.1) is 0 Å². The van der Waals surface area contributed by atoms with Crippen LogP contribution in [0.25, 0.3) is 0 Å². The maximum Gasteiger partial charge on any atom is 0.309 e. The predicted octanol–water partition coefficient (Wildman–Crippen LogP) is 3.13. The Morgan fingerprint density at radius 2 is 1.29 bits per heavy atom. The van der Waals surface area contributed by atoms with Gasteiger partial charge in [-0.2, -0.15) is 0 Å². The third-order valence-electron chi connectivity index (χ3n) is 1.58. The Labute approximate surface area is 76.1 Å². The molecule has 0 bridgehead atoms. The summed E-state index contributed by atoms with van der Waals surface area (Å²) in [7, 11) is 0. The van der Waals surface area contributed by atoms with Crippen LogP contribution < -0.4 is 0 Å². The van der Waals surface area contributed by atoms with Crippen LogP contribution in [0.3, 0.4) is 0 Å². The monoisotopic (exact) mass is 225 g/mol. The Hall–Kier alpha value is -0.490. The molecule has 0 aliphatic rings. The Kier molecular flexibility index (Phi) is 4.20. The Morgan fingerprint density at radius 1 is 0.929 bits per heavy atom. The lowest BCUT2D eigenvalue weighted by Crippen LogP contribution is -2.47. The molecule has 0 aliphatic carbocycles. The minimum atomic E-state index is -4.74. The molecule has 0 aromatic heterocycles. The molecule has 7 heteroatoms. The third kappa shape index (κ3) is 2.75. The van der Waals surface area contributed by atoms with Gasteiger partial charge in [0.15, 0.2) is 6.67 Å². The van der Waals surface area contributed by atoms with Crippen molar-refractivity contribution in [1.29, 1.82) is 0 Å². The van der Waals surface area contributed by atoms with Crippen LogP contribution in [-0.2, 0) is 0 Å². The second kappa shape index (κ2) is 4.35. The lowest BCUT2D eigenvalue weighted by atomic mass is 10.0. The van der Waals surface area contributed by atoms with Crippen molar-refractivity contribution in [3.63, 3.8) is 0 Å². The van der Waals surface area contributed by atoms with Gasteiger partial charge in [0.2, 0.25) is 12.3 Å². The van der Waals surface area contributed by atoms with E-state index in [1.54, 1.807) is 0 Å². The summed E-state index contributed by atoms with van der Waals surface area (Å²) in [6, 6.07) is 0. The van der Waals surface area contributed by atoms with Gasteiger partial charge in [-0.05, 0) is 6.92 Å². The number of alkyl halides is 7. The van der Waals surface area contributed by atoms with Crippen LogP contribution in [0.5, 0.6) is 0 Å². The van der Waals surface area contributed by atoms with E-state index < -0.39 is 37.3 Å². The molecule has 0 N–H and O–H groups in total. The molecule has 0 fully saturated rings. The molecule has 14 heavy (non-hydrogen) atoms. The summed E-state index contributed by atoms with van der Waals surface area (Å²) in [5.74, 6) is -9.06. The molecular weight excluding hydrogens is 217 g/mol. The van der Waals surface area contributed by atoms with Gasteiger partial charge in [-0.25, -0.2) is 30.7 Å². The van der Waals surface area contributed by atoms with Gasteiger partial charge in [0.1, 0.15) is 0 Å². The highest BCUT2D eigenvalue weighted by Crippen LogP contribution is 2.35. The number of hydrogen-bond acceptors (Lipinski definition) is 0. The normalized spacial score (nSPS) is 18.0. The van der Waals surface area contributed by atoms with Gasteiger partial charge < -0.3 is 0 Å². The molecule has 85 valence electrons. The van der Waals surface area contributed by atoms with Crippen LogP contribution in [0.1, 0.15) is 6.42 Å².